The van der Waals surface area contributed by atoms with Crippen LogP contribution in [0.15, 0.2) is 64.9 Å². The second-order valence-corrected chi connectivity index (χ2v) is 7.33. The minimum atomic E-state index is 0.00397. The Hall–Kier alpha value is -3.33. The number of benzene rings is 2. The molecule has 156 valence electrons. The highest BCUT2D eigenvalue weighted by Crippen LogP contribution is 2.18. The van der Waals surface area contributed by atoms with E-state index in [1.807, 2.05) is 30.3 Å². The summed E-state index contributed by atoms with van der Waals surface area (Å²) in [6, 6.07) is 17.2. The van der Waals surface area contributed by atoms with E-state index in [0.717, 1.165) is 18.7 Å². The summed E-state index contributed by atoms with van der Waals surface area (Å²) < 4.78 is 1.28. The van der Waals surface area contributed by atoms with E-state index in [4.69, 9.17) is 5.84 Å². The second-order valence-electron chi connectivity index (χ2n) is 6.39. The van der Waals surface area contributed by atoms with Gasteiger partial charge in [0.05, 0.1) is 12.0 Å². The zero-order chi connectivity index (χ0) is 21.3. The summed E-state index contributed by atoms with van der Waals surface area (Å²) in [6.07, 6.45) is 1.69. The van der Waals surface area contributed by atoms with Gasteiger partial charge in [0, 0.05) is 24.3 Å². The van der Waals surface area contributed by atoms with E-state index in [0.29, 0.717) is 16.7 Å². The molecule has 0 aliphatic carbocycles. The lowest BCUT2D eigenvalue weighted by Gasteiger charge is -2.20. The van der Waals surface area contributed by atoms with Crippen LogP contribution < -0.4 is 16.2 Å². The van der Waals surface area contributed by atoms with Crippen molar-refractivity contribution in [1.82, 2.24) is 14.9 Å². The van der Waals surface area contributed by atoms with E-state index in [1.54, 1.807) is 18.3 Å². The van der Waals surface area contributed by atoms with Crippen LogP contribution in [0.2, 0.25) is 0 Å². The van der Waals surface area contributed by atoms with Crippen molar-refractivity contribution in [2.45, 2.75) is 19.0 Å². The molecule has 0 bridgehead atoms. The van der Waals surface area contributed by atoms with Gasteiger partial charge in [0.2, 0.25) is 5.16 Å². The molecule has 2 aromatic carbocycles. The number of nitrogens with two attached hydrogens (primary N) is 1. The monoisotopic (exact) mass is 423 g/mol. The molecule has 8 nitrogen and oxygen atoms in total. The molecule has 3 N–H and O–H groups in total. The molecular weight excluding hydrogens is 398 g/mol. The fourth-order valence-corrected chi connectivity index (χ4v) is 3.56. The van der Waals surface area contributed by atoms with Gasteiger partial charge < -0.3 is 10.7 Å². The molecule has 0 atom stereocenters. The molecule has 0 aliphatic rings. The molecule has 3 rings (SSSR count). The Kier molecular flexibility index (Phi) is 7.45. The zero-order valence-electron chi connectivity index (χ0n) is 17.0. The zero-order valence-corrected chi connectivity index (χ0v) is 17.8. The number of carbonyl (C=O) groups excluding carboxylic acids is 1. The molecule has 9 heteroatoms. The number of hydrazone groups is 1. The normalized spacial score (nSPS) is 11.0. The number of anilines is 2. The highest BCUT2D eigenvalue weighted by atomic mass is 32.2. The average Bonchev–Trinajstić information content (AvgIpc) is 3.14. The first-order valence-corrected chi connectivity index (χ1v) is 10.7. The molecular formula is C21H25N7OS. The van der Waals surface area contributed by atoms with Crippen molar-refractivity contribution in [1.29, 1.82) is 0 Å². The third-order valence-electron chi connectivity index (χ3n) is 4.49. The number of nitrogens with one attached hydrogen (secondary N) is 1. The number of Topliss-reactive ketones (excluding diaryl/α,β-unsaturated/α-hetero) is 1. The van der Waals surface area contributed by atoms with Gasteiger partial charge >= 0.3 is 0 Å². The largest absolute Gasteiger partial charge is 0.372 e. The number of carbonyl (C=O) groups is 1. The van der Waals surface area contributed by atoms with Crippen LogP contribution in [-0.4, -0.2) is 45.7 Å². The Morgan fingerprint density at radius 2 is 1.83 bits per heavy atom. The lowest BCUT2D eigenvalue weighted by atomic mass is 10.2. The van der Waals surface area contributed by atoms with Gasteiger partial charge in [-0.15, -0.1) is 10.2 Å². The highest BCUT2D eigenvalue weighted by molar-refractivity contribution is 7.99. The van der Waals surface area contributed by atoms with Gasteiger partial charge in [-0.3, -0.25) is 4.79 Å². The van der Waals surface area contributed by atoms with Crippen molar-refractivity contribution in [3.05, 3.63) is 65.7 Å². The van der Waals surface area contributed by atoms with E-state index >= 15 is 0 Å². The first-order chi connectivity index (χ1) is 14.6. The van der Waals surface area contributed by atoms with Crippen molar-refractivity contribution in [2.24, 2.45) is 5.10 Å². The third-order valence-corrected chi connectivity index (χ3v) is 5.44. The van der Waals surface area contributed by atoms with Crippen molar-refractivity contribution in [3.63, 3.8) is 0 Å². The minimum Gasteiger partial charge on any atom is -0.372 e. The van der Waals surface area contributed by atoms with Crippen LogP contribution in [0.4, 0.5) is 11.6 Å². The maximum Gasteiger partial charge on any atom is 0.264 e. The van der Waals surface area contributed by atoms with Gasteiger partial charge in [-0.1, -0.05) is 54.2 Å². The summed E-state index contributed by atoms with van der Waals surface area (Å²) in [4.78, 5) is 14.5. The average molecular weight is 424 g/mol. The smallest absolute Gasteiger partial charge is 0.264 e. The molecule has 0 saturated heterocycles. The van der Waals surface area contributed by atoms with Crippen molar-refractivity contribution in [2.75, 3.05) is 35.0 Å². The lowest BCUT2D eigenvalue weighted by Crippen LogP contribution is -2.21. The Labute approximate surface area is 180 Å². The maximum absolute atomic E-state index is 12.2. The van der Waals surface area contributed by atoms with Crippen LogP contribution >= 0.6 is 11.8 Å². The maximum atomic E-state index is 12.2. The topological polar surface area (TPSA) is 101 Å². The molecule has 0 fully saturated rings. The van der Waals surface area contributed by atoms with Crippen LogP contribution in [0, 0.1) is 0 Å². The molecule has 0 unspecified atom stereocenters. The summed E-state index contributed by atoms with van der Waals surface area (Å²) in [5.41, 5.74) is 5.57. The number of nitrogens with zero attached hydrogens (tertiary/aromatic N) is 5. The fourth-order valence-electron chi connectivity index (χ4n) is 2.81. The van der Waals surface area contributed by atoms with Crippen molar-refractivity contribution < 1.29 is 4.79 Å². The van der Waals surface area contributed by atoms with Crippen LogP contribution in [0.5, 0.6) is 0 Å². The van der Waals surface area contributed by atoms with E-state index < -0.39 is 0 Å². The molecule has 3 aromatic rings. The molecule has 0 aliphatic heterocycles. The van der Waals surface area contributed by atoms with Gasteiger partial charge in [0.1, 0.15) is 0 Å². The van der Waals surface area contributed by atoms with Crippen LogP contribution in [0.25, 0.3) is 0 Å². The Morgan fingerprint density at radius 3 is 2.50 bits per heavy atom. The number of hydrogen-bond acceptors (Lipinski definition) is 8. The number of hydrogen-bond donors (Lipinski definition) is 2. The number of rotatable bonds is 10. The van der Waals surface area contributed by atoms with Crippen LogP contribution in [0.3, 0.4) is 0 Å². The van der Waals surface area contributed by atoms with E-state index in [9.17, 15) is 4.79 Å². The Bertz CT molecular complexity index is 982. The minimum absolute atomic E-state index is 0.00397. The van der Waals surface area contributed by atoms with E-state index in [1.165, 1.54) is 22.1 Å². The predicted molar refractivity (Wildman–Crippen MR) is 123 cm³/mol. The molecule has 1 heterocycles. The number of ketones is 1. The Balaban J connectivity index is 1.55. The summed E-state index contributed by atoms with van der Waals surface area (Å²) >= 11 is 1.23. The predicted octanol–water partition coefficient (Wildman–Crippen LogP) is 3.26. The summed E-state index contributed by atoms with van der Waals surface area (Å²) in [5, 5.41) is 12.6. The molecule has 1 aromatic heterocycles. The first kappa shape index (κ1) is 21.4. The number of aromatic nitrogens is 3. The van der Waals surface area contributed by atoms with Gasteiger partial charge in [0.25, 0.3) is 5.95 Å². The Morgan fingerprint density at radius 1 is 1.13 bits per heavy atom. The van der Waals surface area contributed by atoms with Gasteiger partial charge in [-0.05, 0) is 31.5 Å². The standard InChI is InChI=1S/C21H25N7OS/c1-3-27(4-2)18-12-10-16(11-13-18)14-23-24-20-25-26-21(28(20)22)30-15-19(29)17-8-6-5-7-9-17/h5-14H,3-4,15,22H2,1-2H3,(H,24,25)/b23-14+. The van der Waals surface area contributed by atoms with E-state index in [2.05, 4.69) is 51.6 Å². The SMILES string of the molecule is CCN(CC)c1ccc(/C=N/Nc2nnc(SCC(=O)c3ccccc3)n2N)cc1. The van der Waals surface area contributed by atoms with E-state index in [-0.39, 0.29) is 11.5 Å². The number of nitrogen functional groups attached to an aromatic ring is 1. The lowest BCUT2D eigenvalue weighted by molar-refractivity contribution is 0.102. The van der Waals surface area contributed by atoms with Gasteiger partial charge in [-0.25, -0.2) is 10.1 Å². The summed E-state index contributed by atoms with van der Waals surface area (Å²) in [7, 11) is 0. The number of thioether (sulfide) groups is 1. The second kappa shape index (κ2) is 10.4. The molecule has 0 saturated carbocycles. The first-order valence-electron chi connectivity index (χ1n) is 9.68. The van der Waals surface area contributed by atoms with Crippen molar-refractivity contribution >= 4 is 35.4 Å². The van der Waals surface area contributed by atoms with Crippen LogP contribution in [0.1, 0.15) is 29.8 Å². The molecule has 30 heavy (non-hydrogen) atoms. The summed E-state index contributed by atoms with van der Waals surface area (Å²) in [6.45, 7) is 6.20. The molecule has 0 radical (unpaired) electrons. The third kappa shape index (κ3) is 5.38. The molecule has 0 spiro atoms. The van der Waals surface area contributed by atoms with Gasteiger partial charge in [-0.2, -0.15) is 5.10 Å². The molecule has 0 amide bonds. The van der Waals surface area contributed by atoms with Crippen LogP contribution in [-0.2, 0) is 0 Å². The quantitative estimate of drug-likeness (QED) is 0.170. The summed E-state index contributed by atoms with van der Waals surface area (Å²) in [5.74, 6) is 6.53. The fraction of sp³-hybridized carbons (Fsp3) is 0.238. The van der Waals surface area contributed by atoms with Crippen molar-refractivity contribution in [3.8, 4) is 0 Å². The highest BCUT2D eigenvalue weighted by Gasteiger charge is 2.12. The van der Waals surface area contributed by atoms with Gasteiger partial charge in [0.15, 0.2) is 5.78 Å².